The van der Waals surface area contributed by atoms with Crippen molar-refractivity contribution >= 4 is 5.97 Å². The molecule has 108 valence electrons. The maximum atomic E-state index is 11.1. The monoisotopic (exact) mass is 284 g/mol. The van der Waals surface area contributed by atoms with E-state index in [0.717, 1.165) is 24.8 Å². The van der Waals surface area contributed by atoms with Gasteiger partial charge in [0.1, 0.15) is 6.10 Å². The number of benzene rings is 1. The molecule has 0 spiro atoms. The summed E-state index contributed by atoms with van der Waals surface area (Å²) >= 11 is 0. The molecule has 1 aromatic carbocycles. The summed E-state index contributed by atoms with van der Waals surface area (Å²) in [4.78, 5) is 19.2. The lowest BCUT2D eigenvalue weighted by atomic mass is 9.89. The number of fused-ring (bicyclic) bond motifs is 1. The number of carboxylic acids is 1. The minimum Gasteiger partial charge on any atom is -0.477 e. The third-order valence-corrected chi connectivity index (χ3v) is 3.61. The Morgan fingerprint density at radius 1 is 1.33 bits per heavy atom. The van der Waals surface area contributed by atoms with Crippen LogP contribution in [0.25, 0.3) is 0 Å². The zero-order chi connectivity index (χ0) is 14.8. The van der Waals surface area contributed by atoms with Gasteiger partial charge in [-0.05, 0) is 43.4 Å². The number of nitrogens with zero attached hydrogens (tertiary/aromatic N) is 2. The standard InChI is InChI=1S/C16H16N2O3/c1-10-9-13(15(19)20)18-16(17-10)21-14-8-4-6-11-5-2-3-7-12(11)14/h2-3,5,7,9,14H,4,6,8H2,1H3,(H,19,20). The molecule has 0 aliphatic heterocycles. The van der Waals surface area contributed by atoms with E-state index in [2.05, 4.69) is 16.0 Å². The molecule has 2 aromatic rings. The highest BCUT2D eigenvalue weighted by Crippen LogP contribution is 2.32. The van der Waals surface area contributed by atoms with E-state index in [1.807, 2.05) is 18.2 Å². The fraction of sp³-hybridized carbons (Fsp3) is 0.312. The largest absolute Gasteiger partial charge is 0.477 e. The van der Waals surface area contributed by atoms with Crippen LogP contribution in [0.2, 0.25) is 0 Å². The normalized spacial score (nSPS) is 17.1. The lowest BCUT2D eigenvalue weighted by Crippen LogP contribution is -2.17. The first kappa shape index (κ1) is 13.5. The van der Waals surface area contributed by atoms with Crippen LogP contribution in [0.5, 0.6) is 6.01 Å². The summed E-state index contributed by atoms with van der Waals surface area (Å²) in [6.07, 6.45) is 2.86. The van der Waals surface area contributed by atoms with Crippen LogP contribution >= 0.6 is 0 Å². The van der Waals surface area contributed by atoms with Gasteiger partial charge in [-0.2, -0.15) is 4.98 Å². The molecule has 5 heteroatoms. The van der Waals surface area contributed by atoms with Crippen molar-refractivity contribution in [3.8, 4) is 6.01 Å². The Morgan fingerprint density at radius 2 is 2.14 bits per heavy atom. The van der Waals surface area contributed by atoms with E-state index < -0.39 is 5.97 Å². The molecule has 1 N–H and O–H groups in total. The number of rotatable bonds is 3. The fourth-order valence-corrected chi connectivity index (χ4v) is 2.66. The number of aromatic carboxylic acids is 1. The minimum atomic E-state index is -1.07. The summed E-state index contributed by atoms with van der Waals surface area (Å²) in [6, 6.07) is 9.73. The van der Waals surface area contributed by atoms with E-state index >= 15 is 0 Å². The SMILES string of the molecule is Cc1cc(C(=O)O)nc(OC2CCCc3ccccc32)n1. The van der Waals surface area contributed by atoms with Crippen LogP contribution in [0.3, 0.4) is 0 Å². The van der Waals surface area contributed by atoms with Gasteiger partial charge >= 0.3 is 12.0 Å². The first-order chi connectivity index (χ1) is 10.1. The van der Waals surface area contributed by atoms with Crippen LogP contribution in [0.15, 0.2) is 30.3 Å². The Balaban J connectivity index is 1.90. The van der Waals surface area contributed by atoms with E-state index in [-0.39, 0.29) is 17.8 Å². The lowest BCUT2D eigenvalue weighted by Gasteiger charge is -2.25. The van der Waals surface area contributed by atoms with Crippen molar-refractivity contribution in [2.24, 2.45) is 0 Å². The third kappa shape index (κ3) is 2.86. The first-order valence-corrected chi connectivity index (χ1v) is 6.97. The Kier molecular flexibility index (Phi) is 3.56. The molecule has 0 radical (unpaired) electrons. The van der Waals surface area contributed by atoms with Crippen LogP contribution in [0, 0.1) is 6.92 Å². The molecule has 21 heavy (non-hydrogen) atoms. The number of hydrogen-bond donors (Lipinski definition) is 1. The topological polar surface area (TPSA) is 72.3 Å². The summed E-state index contributed by atoms with van der Waals surface area (Å²) in [6.45, 7) is 1.73. The molecule has 0 amide bonds. The van der Waals surface area contributed by atoms with E-state index in [0.29, 0.717) is 5.69 Å². The van der Waals surface area contributed by atoms with Crippen LogP contribution < -0.4 is 4.74 Å². The van der Waals surface area contributed by atoms with E-state index in [1.165, 1.54) is 11.6 Å². The highest BCUT2D eigenvalue weighted by molar-refractivity contribution is 5.85. The first-order valence-electron chi connectivity index (χ1n) is 6.97. The van der Waals surface area contributed by atoms with Gasteiger partial charge in [0, 0.05) is 5.69 Å². The Labute approximate surface area is 122 Å². The van der Waals surface area contributed by atoms with Crippen molar-refractivity contribution in [3.05, 3.63) is 52.8 Å². The van der Waals surface area contributed by atoms with Crippen molar-refractivity contribution in [2.45, 2.75) is 32.3 Å². The smallest absolute Gasteiger partial charge is 0.354 e. The van der Waals surface area contributed by atoms with Crippen molar-refractivity contribution in [1.29, 1.82) is 0 Å². The lowest BCUT2D eigenvalue weighted by molar-refractivity contribution is 0.0686. The molecule has 5 nitrogen and oxygen atoms in total. The Morgan fingerprint density at radius 3 is 2.95 bits per heavy atom. The van der Waals surface area contributed by atoms with Crippen molar-refractivity contribution in [1.82, 2.24) is 9.97 Å². The highest BCUT2D eigenvalue weighted by Gasteiger charge is 2.22. The zero-order valence-corrected chi connectivity index (χ0v) is 11.7. The van der Waals surface area contributed by atoms with Gasteiger partial charge in [0.05, 0.1) is 0 Å². The molecule has 1 heterocycles. The summed E-state index contributed by atoms with van der Waals surface area (Å²) in [5.74, 6) is -1.07. The highest BCUT2D eigenvalue weighted by atomic mass is 16.5. The molecular formula is C16H16N2O3. The number of carbonyl (C=O) groups is 1. The molecule has 1 atom stereocenters. The van der Waals surface area contributed by atoms with Crippen molar-refractivity contribution in [3.63, 3.8) is 0 Å². The molecule has 1 unspecified atom stereocenters. The number of ether oxygens (including phenoxy) is 1. The van der Waals surface area contributed by atoms with Crippen molar-refractivity contribution < 1.29 is 14.6 Å². The summed E-state index contributed by atoms with van der Waals surface area (Å²) in [5, 5.41) is 9.05. The van der Waals surface area contributed by atoms with Gasteiger partial charge in [0.15, 0.2) is 5.69 Å². The number of aromatic nitrogens is 2. The number of hydrogen-bond acceptors (Lipinski definition) is 4. The second-order valence-electron chi connectivity index (χ2n) is 5.18. The number of aryl methyl sites for hydroxylation is 2. The average Bonchev–Trinajstić information content (AvgIpc) is 2.47. The van der Waals surface area contributed by atoms with Crippen LogP contribution in [-0.2, 0) is 6.42 Å². The predicted octanol–water partition coefficient (Wildman–Crippen LogP) is 2.94. The van der Waals surface area contributed by atoms with Crippen LogP contribution in [0.1, 0.15) is 46.3 Å². The van der Waals surface area contributed by atoms with Crippen LogP contribution in [-0.4, -0.2) is 21.0 Å². The van der Waals surface area contributed by atoms with Gasteiger partial charge in [-0.3, -0.25) is 0 Å². The van der Waals surface area contributed by atoms with Gasteiger partial charge in [-0.1, -0.05) is 24.3 Å². The summed E-state index contributed by atoms with van der Waals surface area (Å²) in [7, 11) is 0. The van der Waals surface area contributed by atoms with Gasteiger partial charge in [0.25, 0.3) is 0 Å². The van der Waals surface area contributed by atoms with Gasteiger partial charge in [-0.15, -0.1) is 0 Å². The molecular weight excluding hydrogens is 268 g/mol. The van der Waals surface area contributed by atoms with Gasteiger partial charge in [0.2, 0.25) is 0 Å². The van der Waals surface area contributed by atoms with Crippen molar-refractivity contribution in [2.75, 3.05) is 0 Å². The molecule has 1 aliphatic rings. The Hall–Kier alpha value is -2.43. The summed E-state index contributed by atoms with van der Waals surface area (Å²) in [5.41, 5.74) is 2.97. The van der Waals surface area contributed by atoms with E-state index in [9.17, 15) is 4.79 Å². The second kappa shape index (κ2) is 5.52. The molecule has 0 saturated carbocycles. The predicted molar refractivity (Wildman–Crippen MR) is 76.5 cm³/mol. The Bertz CT molecular complexity index is 685. The molecule has 1 aromatic heterocycles. The number of carboxylic acid groups (broad SMARTS) is 1. The van der Waals surface area contributed by atoms with Gasteiger partial charge in [-0.25, -0.2) is 9.78 Å². The fourth-order valence-electron chi connectivity index (χ4n) is 2.66. The zero-order valence-electron chi connectivity index (χ0n) is 11.7. The van der Waals surface area contributed by atoms with Crippen LogP contribution in [0.4, 0.5) is 0 Å². The molecule has 0 fully saturated rings. The molecule has 0 bridgehead atoms. The summed E-state index contributed by atoms with van der Waals surface area (Å²) < 4.78 is 5.87. The minimum absolute atomic E-state index is 0.0402. The third-order valence-electron chi connectivity index (χ3n) is 3.61. The van der Waals surface area contributed by atoms with Gasteiger partial charge < -0.3 is 9.84 Å². The maximum Gasteiger partial charge on any atom is 0.354 e. The van der Waals surface area contributed by atoms with E-state index in [4.69, 9.17) is 9.84 Å². The van der Waals surface area contributed by atoms with E-state index in [1.54, 1.807) is 6.92 Å². The molecule has 0 saturated heterocycles. The molecule has 1 aliphatic carbocycles. The quantitative estimate of drug-likeness (QED) is 0.938. The average molecular weight is 284 g/mol. The maximum absolute atomic E-state index is 11.1. The molecule has 3 rings (SSSR count). The second-order valence-corrected chi connectivity index (χ2v) is 5.18.